The first-order chi connectivity index (χ1) is 9.69. The van der Waals surface area contributed by atoms with Crippen molar-refractivity contribution in [2.24, 2.45) is 0 Å². The summed E-state index contributed by atoms with van der Waals surface area (Å²) < 4.78 is 0. The Bertz CT molecular complexity index is 507. The Morgan fingerprint density at radius 3 is 2.25 bits per heavy atom. The van der Waals surface area contributed by atoms with Crippen LogP contribution in [0.15, 0.2) is 54.6 Å². The van der Waals surface area contributed by atoms with E-state index in [4.69, 9.17) is 0 Å². The lowest BCUT2D eigenvalue weighted by Crippen LogP contribution is -2.34. The maximum absolute atomic E-state index is 9.28. The predicted octanol–water partition coefficient (Wildman–Crippen LogP) is 3.25. The maximum atomic E-state index is 9.28. The van der Waals surface area contributed by atoms with Crippen LogP contribution >= 0.6 is 0 Å². The minimum absolute atomic E-state index is 0.0880. The predicted molar refractivity (Wildman–Crippen MR) is 83.7 cm³/mol. The summed E-state index contributed by atoms with van der Waals surface area (Å²) in [5.41, 5.74) is 3.83. The molecule has 0 aliphatic carbocycles. The van der Waals surface area contributed by atoms with Crippen LogP contribution < -0.4 is 5.32 Å². The molecule has 0 amide bonds. The Morgan fingerprint density at radius 2 is 1.65 bits per heavy atom. The second-order valence-corrected chi connectivity index (χ2v) is 5.40. The third kappa shape index (κ3) is 4.19. The third-order valence-electron chi connectivity index (χ3n) is 3.52. The van der Waals surface area contributed by atoms with Crippen LogP contribution in [0.3, 0.4) is 0 Å². The lowest BCUT2D eigenvalue weighted by atomic mass is 9.97. The van der Waals surface area contributed by atoms with Crippen LogP contribution in [0.25, 0.3) is 0 Å². The van der Waals surface area contributed by atoms with Crippen molar-refractivity contribution in [1.29, 1.82) is 0 Å². The SMILES string of the molecule is Cc1ccc([C@H](Cc2ccccc2)N[C@H](C)CO)cc1. The molecule has 2 heteroatoms. The number of hydrogen-bond acceptors (Lipinski definition) is 2. The van der Waals surface area contributed by atoms with Gasteiger partial charge in [-0.1, -0.05) is 60.2 Å². The molecule has 0 bridgehead atoms. The molecule has 0 aromatic heterocycles. The van der Waals surface area contributed by atoms with Gasteiger partial charge in [-0.2, -0.15) is 0 Å². The summed E-state index contributed by atoms with van der Waals surface area (Å²) in [4.78, 5) is 0. The minimum Gasteiger partial charge on any atom is -0.395 e. The number of aryl methyl sites for hydroxylation is 1. The summed E-state index contributed by atoms with van der Waals surface area (Å²) in [7, 11) is 0. The summed E-state index contributed by atoms with van der Waals surface area (Å²) >= 11 is 0. The van der Waals surface area contributed by atoms with E-state index in [0.29, 0.717) is 0 Å². The highest BCUT2D eigenvalue weighted by Gasteiger charge is 2.14. The van der Waals surface area contributed by atoms with E-state index in [2.05, 4.69) is 60.8 Å². The van der Waals surface area contributed by atoms with E-state index in [1.807, 2.05) is 13.0 Å². The normalized spacial score (nSPS) is 13.9. The zero-order valence-corrected chi connectivity index (χ0v) is 12.2. The second kappa shape index (κ2) is 7.22. The summed E-state index contributed by atoms with van der Waals surface area (Å²) in [6.45, 7) is 4.25. The number of nitrogens with one attached hydrogen (secondary N) is 1. The van der Waals surface area contributed by atoms with Crippen molar-refractivity contribution in [3.8, 4) is 0 Å². The molecule has 2 nitrogen and oxygen atoms in total. The fourth-order valence-electron chi connectivity index (χ4n) is 2.32. The van der Waals surface area contributed by atoms with Gasteiger partial charge in [0.2, 0.25) is 0 Å². The van der Waals surface area contributed by atoms with E-state index in [1.165, 1.54) is 16.7 Å². The van der Waals surface area contributed by atoms with Gasteiger partial charge >= 0.3 is 0 Å². The van der Waals surface area contributed by atoms with Crippen molar-refractivity contribution in [3.05, 3.63) is 71.3 Å². The van der Waals surface area contributed by atoms with E-state index in [0.717, 1.165) is 6.42 Å². The van der Waals surface area contributed by atoms with E-state index in [-0.39, 0.29) is 18.7 Å². The highest BCUT2D eigenvalue weighted by Crippen LogP contribution is 2.19. The van der Waals surface area contributed by atoms with Crippen molar-refractivity contribution < 1.29 is 5.11 Å². The molecular formula is C18H23NO. The molecular weight excluding hydrogens is 246 g/mol. The Kier molecular flexibility index (Phi) is 5.33. The number of hydrogen-bond donors (Lipinski definition) is 2. The third-order valence-corrected chi connectivity index (χ3v) is 3.52. The van der Waals surface area contributed by atoms with Crippen molar-refractivity contribution in [1.82, 2.24) is 5.32 Å². The molecule has 0 radical (unpaired) electrons. The number of benzene rings is 2. The molecule has 2 N–H and O–H groups in total. The molecule has 2 rings (SSSR count). The maximum Gasteiger partial charge on any atom is 0.0582 e. The van der Waals surface area contributed by atoms with Crippen LogP contribution in [-0.2, 0) is 6.42 Å². The first-order valence-electron chi connectivity index (χ1n) is 7.16. The second-order valence-electron chi connectivity index (χ2n) is 5.40. The zero-order chi connectivity index (χ0) is 14.4. The molecule has 2 aromatic carbocycles. The molecule has 0 unspecified atom stereocenters. The number of aliphatic hydroxyl groups is 1. The quantitative estimate of drug-likeness (QED) is 0.843. The molecule has 0 fully saturated rings. The van der Waals surface area contributed by atoms with Gasteiger partial charge < -0.3 is 10.4 Å². The van der Waals surface area contributed by atoms with Crippen molar-refractivity contribution in [2.45, 2.75) is 32.4 Å². The molecule has 2 atom stereocenters. The largest absolute Gasteiger partial charge is 0.395 e. The molecule has 0 saturated heterocycles. The van der Waals surface area contributed by atoms with Crippen molar-refractivity contribution in [2.75, 3.05) is 6.61 Å². The van der Waals surface area contributed by atoms with E-state index in [1.54, 1.807) is 0 Å². The van der Waals surface area contributed by atoms with Crippen molar-refractivity contribution >= 4 is 0 Å². The van der Waals surface area contributed by atoms with Crippen LogP contribution in [-0.4, -0.2) is 17.8 Å². The highest BCUT2D eigenvalue weighted by atomic mass is 16.3. The Labute approximate surface area is 121 Å². The van der Waals surface area contributed by atoms with Crippen LogP contribution in [0, 0.1) is 6.92 Å². The molecule has 0 saturated carbocycles. The van der Waals surface area contributed by atoms with Gasteiger partial charge in [-0.3, -0.25) is 0 Å². The molecule has 0 aliphatic rings. The van der Waals surface area contributed by atoms with Crippen LogP contribution in [0.2, 0.25) is 0 Å². The highest BCUT2D eigenvalue weighted by molar-refractivity contribution is 5.27. The minimum atomic E-state index is 0.0880. The molecule has 0 spiro atoms. The van der Waals surface area contributed by atoms with E-state index < -0.39 is 0 Å². The molecule has 20 heavy (non-hydrogen) atoms. The van der Waals surface area contributed by atoms with Gasteiger partial charge in [-0.15, -0.1) is 0 Å². The lowest BCUT2D eigenvalue weighted by molar-refractivity contribution is 0.240. The number of aliphatic hydroxyl groups excluding tert-OH is 1. The van der Waals surface area contributed by atoms with Gasteiger partial charge in [-0.05, 0) is 31.4 Å². The topological polar surface area (TPSA) is 32.3 Å². The van der Waals surface area contributed by atoms with Gasteiger partial charge in [0.05, 0.1) is 6.61 Å². The smallest absolute Gasteiger partial charge is 0.0582 e. The summed E-state index contributed by atoms with van der Waals surface area (Å²) in [6.07, 6.45) is 0.925. The Morgan fingerprint density at radius 1 is 1.00 bits per heavy atom. The summed E-state index contributed by atoms with van der Waals surface area (Å²) in [5, 5.41) is 12.8. The monoisotopic (exact) mass is 269 g/mol. The summed E-state index contributed by atoms with van der Waals surface area (Å²) in [6, 6.07) is 19.4. The van der Waals surface area contributed by atoms with Gasteiger partial charge in [0, 0.05) is 12.1 Å². The average molecular weight is 269 g/mol. The lowest BCUT2D eigenvalue weighted by Gasteiger charge is -2.23. The first kappa shape index (κ1) is 14.8. The van der Waals surface area contributed by atoms with Crippen LogP contribution in [0.5, 0.6) is 0 Å². The van der Waals surface area contributed by atoms with Gasteiger partial charge in [-0.25, -0.2) is 0 Å². The van der Waals surface area contributed by atoms with Crippen LogP contribution in [0.1, 0.15) is 29.7 Å². The van der Waals surface area contributed by atoms with E-state index in [9.17, 15) is 5.11 Å². The summed E-state index contributed by atoms with van der Waals surface area (Å²) in [5.74, 6) is 0. The Hall–Kier alpha value is -1.64. The van der Waals surface area contributed by atoms with E-state index >= 15 is 0 Å². The first-order valence-corrected chi connectivity index (χ1v) is 7.16. The fourth-order valence-corrected chi connectivity index (χ4v) is 2.32. The molecule has 106 valence electrons. The van der Waals surface area contributed by atoms with Crippen LogP contribution in [0.4, 0.5) is 0 Å². The molecule has 2 aromatic rings. The zero-order valence-electron chi connectivity index (χ0n) is 12.2. The standard InChI is InChI=1S/C18H23NO/c1-14-8-10-17(11-9-14)18(19-15(2)13-20)12-16-6-4-3-5-7-16/h3-11,15,18-20H,12-13H2,1-2H3/t15-,18+/m1/s1. The van der Waals surface area contributed by atoms with Gasteiger partial charge in [0.15, 0.2) is 0 Å². The van der Waals surface area contributed by atoms with Gasteiger partial charge in [0.1, 0.15) is 0 Å². The van der Waals surface area contributed by atoms with Crippen molar-refractivity contribution in [3.63, 3.8) is 0 Å². The Balaban J connectivity index is 2.18. The molecule has 0 heterocycles. The van der Waals surface area contributed by atoms with Gasteiger partial charge in [0.25, 0.3) is 0 Å². The average Bonchev–Trinajstić information content (AvgIpc) is 2.48. The molecule has 0 aliphatic heterocycles. The fraction of sp³-hybridized carbons (Fsp3) is 0.333. The number of rotatable bonds is 6.